The first-order valence-corrected chi connectivity index (χ1v) is 7.58. The summed E-state index contributed by atoms with van der Waals surface area (Å²) in [5.74, 6) is 0.376. The molecule has 1 fully saturated rings. The van der Waals surface area contributed by atoms with Crippen molar-refractivity contribution in [3.05, 3.63) is 21.5 Å². The lowest BCUT2D eigenvalue weighted by molar-refractivity contribution is -0.386. The lowest BCUT2D eigenvalue weighted by Gasteiger charge is -2.30. The molecule has 0 aromatic carbocycles. The van der Waals surface area contributed by atoms with E-state index in [1.165, 1.54) is 0 Å². The Hall–Kier alpha value is -1.96. The van der Waals surface area contributed by atoms with Gasteiger partial charge in [-0.2, -0.15) is 5.10 Å². The highest BCUT2D eigenvalue weighted by Gasteiger charge is 2.24. The van der Waals surface area contributed by atoms with E-state index in [2.05, 4.69) is 22.7 Å². The summed E-state index contributed by atoms with van der Waals surface area (Å²) >= 11 is 0. The van der Waals surface area contributed by atoms with Crippen LogP contribution in [0.3, 0.4) is 0 Å². The van der Waals surface area contributed by atoms with Gasteiger partial charge in [0.2, 0.25) is 5.91 Å². The second kappa shape index (κ2) is 6.87. The maximum absolute atomic E-state index is 12.1. The van der Waals surface area contributed by atoms with Crippen molar-refractivity contribution < 1.29 is 9.72 Å². The van der Waals surface area contributed by atoms with Gasteiger partial charge in [-0.25, -0.2) is 0 Å². The molecule has 2 heterocycles. The highest BCUT2D eigenvalue weighted by Crippen LogP contribution is 2.21. The van der Waals surface area contributed by atoms with Crippen molar-refractivity contribution in [1.82, 2.24) is 20.4 Å². The summed E-state index contributed by atoms with van der Waals surface area (Å²) in [7, 11) is 0. The third kappa shape index (κ3) is 3.62. The van der Waals surface area contributed by atoms with Gasteiger partial charge >= 0.3 is 5.69 Å². The Morgan fingerprint density at radius 3 is 2.86 bits per heavy atom. The van der Waals surface area contributed by atoms with Crippen LogP contribution in [0.15, 0.2) is 0 Å². The predicted molar refractivity (Wildman–Crippen MR) is 81.6 cm³/mol. The highest BCUT2D eigenvalue weighted by molar-refractivity contribution is 5.76. The number of hydrogen-bond donors (Lipinski definition) is 2. The lowest BCUT2D eigenvalue weighted by atomic mass is 9.95. The molecule has 2 rings (SSSR count). The van der Waals surface area contributed by atoms with E-state index in [0.29, 0.717) is 23.9 Å². The SMILES string of the molecule is Cc1nn(CCC(=O)NC2CCNCC2C)c(C)c1[N+](=O)[O-]. The molecule has 122 valence electrons. The van der Waals surface area contributed by atoms with E-state index in [4.69, 9.17) is 0 Å². The van der Waals surface area contributed by atoms with Crippen LogP contribution in [-0.2, 0) is 11.3 Å². The summed E-state index contributed by atoms with van der Waals surface area (Å²) in [4.78, 5) is 22.6. The van der Waals surface area contributed by atoms with Gasteiger partial charge in [0.15, 0.2) is 0 Å². The van der Waals surface area contributed by atoms with Gasteiger partial charge < -0.3 is 10.6 Å². The second-order valence-corrected chi connectivity index (χ2v) is 5.89. The number of amides is 1. The molecule has 1 aromatic heterocycles. The number of carbonyl (C=O) groups is 1. The Kier molecular flexibility index (Phi) is 5.12. The van der Waals surface area contributed by atoms with Crippen molar-refractivity contribution in [1.29, 1.82) is 0 Å². The Bertz CT molecular complexity index is 569. The summed E-state index contributed by atoms with van der Waals surface area (Å²) in [5.41, 5.74) is 0.910. The van der Waals surface area contributed by atoms with Gasteiger partial charge in [0.1, 0.15) is 11.4 Å². The number of nitrogens with zero attached hydrogens (tertiary/aromatic N) is 3. The Labute approximate surface area is 129 Å². The number of nitrogens with one attached hydrogen (secondary N) is 2. The van der Waals surface area contributed by atoms with E-state index >= 15 is 0 Å². The molecule has 8 heteroatoms. The number of carbonyl (C=O) groups excluding carboxylic acids is 1. The lowest BCUT2D eigenvalue weighted by Crippen LogP contribution is -2.48. The van der Waals surface area contributed by atoms with E-state index < -0.39 is 4.92 Å². The number of piperidine rings is 1. The summed E-state index contributed by atoms with van der Waals surface area (Å²) < 4.78 is 1.54. The van der Waals surface area contributed by atoms with Gasteiger partial charge in [0.05, 0.1) is 11.5 Å². The smallest absolute Gasteiger partial charge is 0.312 e. The largest absolute Gasteiger partial charge is 0.353 e. The molecule has 2 atom stereocenters. The quantitative estimate of drug-likeness (QED) is 0.622. The molecule has 1 amide bonds. The van der Waals surface area contributed by atoms with Crippen LogP contribution >= 0.6 is 0 Å². The highest BCUT2D eigenvalue weighted by atomic mass is 16.6. The molecule has 1 saturated heterocycles. The number of hydrogen-bond acceptors (Lipinski definition) is 5. The third-order valence-corrected chi connectivity index (χ3v) is 4.21. The first kappa shape index (κ1) is 16.4. The van der Waals surface area contributed by atoms with Crippen molar-refractivity contribution in [3.8, 4) is 0 Å². The third-order valence-electron chi connectivity index (χ3n) is 4.21. The first-order chi connectivity index (χ1) is 10.4. The second-order valence-electron chi connectivity index (χ2n) is 5.89. The first-order valence-electron chi connectivity index (χ1n) is 7.58. The molecule has 1 aliphatic rings. The van der Waals surface area contributed by atoms with Gasteiger partial charge in [0, 0.05) is 12.5 Å². The Morgan fingerprint density at radius 1 is 1.55 bits per heavy atom. The predicted octanol–water partition coefficient (Wildman–Crippen LogP) is 0.912. The molecule has 8 nitrogen and oxygen atoms in total. The van der Waals surface area contributed by atoms with Gasteiger partial charge in [-0.3, -0.25) is 19.6 Å². The minimum atomic E-state index is -0.426. The summed E-state index contributed by atoms with van der Waals surface area (Å²) in [5, 5.41) is 21.5. The molecule has 0 radical (unpaired) electrons. The van der Waals surface area contributed by atoms with Crippen LogP contribution < -0.4 is 10.6 Å². The van der Waals surface area contributed by atoms with Crippen molar-refractivity contribution in [2.24, 2.45) is 5.92 Å². The van der Waals surface area contributed by atoms with Crippen LogP contribution in [0.25, 0.3) is 0 Å². The van der Waals surface area contributed by atoms with Gasteiger partial charge in [-0.15, -0.1) is 0 Å². The minimum absolute atomic E-state index is 0.0334. The van der Waals surface area contributed by atoms with Crippen molar-refractivity contribution in [3.63, 3.8) is 0 Å². The molecule has 0 aliphatic carbocycles. The number of aryl methyl sites for hydroxylation is 2. The summed E-state index contributed by atoms with van der Waals surface area (Å²) in [6.07, 6.45) is 1.20. The Balaban J connectivity index is 1.91. The molecular formula is C14H23N5O3. The molecule has 2 unspecified atom stereocenters. The van der Waals surface area contributed by atoms with E-state index in [1.54, 1.807) is 18.5 Å². The van der Waals surface area contributed by atoms with Crippen LogP contribution in [0.4, 0.5) is 5.69 Å². The fraction of sp³-hybridized carbons (Fsp3) is 0.714. The number of rotatable bonds is 5. The average molecular weight is 309 g/mol. The van der Waals surface area contributed by atoms with E-state index in [9.17, 15) is 14.9 Å². The molecule has 0 bridgehead atoms. The van der Waals surface area contributed by atoms with Gasteiger partial charge in [0.25, 0.3) is 0 Å². The van der Waals surface area contributed by atoms with E-state index in [0.717, 1.165) is 19.5 Å². The van der Waals surface area contributed by atoms with Crippen molar-refractivity contribution >= 4 is 11.6 Å². The zero-order valence-electron chi connectivity index (χ0n) is 13.3. The monoisotopic (exact) mass is 309 g/mol. The molecule has 1 aliphatic heterocycles. The molecule has 22 heavy (non-hydrogen) atoms. The average Bonchev–Trinajstić information content (AvgIpc) is 2.73. The maximum atomic E-state index is 12.1. The fourth-order valence-corrected chi connectivity index (χ4v) is 2.88. The van der Waals surface area contributed by atoms with Crippen LogP contribution in [0.1, 0.15) is 31.2 Å². The van der Waals surface area contributed by atoms with Crippen LogP contribution in [0, 0.1) is 29.9 Å². The molecule has 0 saturated carbocycles. The van der Waals surface area contributed by atoms with E-state index in [1.807, 2.05) is 0 Å². The van der Waals surface area contributed by atoms with Crippen molar-refractivity contribution in [2.45, 2.75) is 46.2 Å². The van der Waals surface area contributed by atoms with Crippen LogP contribution in [0.5, 0.6) is 0 Å². The maximum Gasteiger partial charge on any atom is 0.312 e. The molecule has 0 spiro atoms. The fourth-order valence-electron chi connectivity index (χ4n) is 2.88. The summed E-state index contributed by atoms with van der Waals surface area (Å²) in [6.45, 7) is 7.56. The zero-order chi connectivity index (χ0) is 16.3. The number of nitro groups is 1. The standard InChI is InChI=1S/C14H23N5O3/c1-9-8-15-6-4-12(9)16-13(20)5-7-18-11(3)14(19(21)22)10(2)17-18/h9,12,15H,4-8H2,1-3H3,(H,16,20). The van der Waals surface area contributed by atoms with Crippen molar-refractivity contribution in [2.75, 3.05) is 13.1 Å². The molecule has 2 N–H and O–H groups in total. The zero-order valence-corrected chi connectivity index (χ0v) is 13.3. The summed E-state index contributed by atoms with van der Waals surface area (Å²) in [6, 6.07) is 0.198. The minimum Gasteiger partial charge on any atom is -0.353 e. The molecule has 1 aromatic rings. The normalized spacial score (nSPS) is 21.6. The van der Waals surface area contributed by atoms with E-state index in [-0.39, 0.29) is 24.1 Å². The van der Waals surface area contributed by atoms with Gasteiger partial charge in [-0.05, 0) is 39.3 Å². The molecular weight excluding hydrogens is 286 g/mol. The number of aromatic nitrogens is 2. The Morgan fingerprint density at radius 2 is 2.27 bits per heavy atom. The van der Waals surface area contributed by atoms with Gasteiger partial charge in [-0.1, -0.05) is 6.92 Å². The van der Waals surface area contributed by atoms with Crippen LogP contribution in [0.2, 0.25) is 0 Å². The topological polar surface area (TPSA) is 102 Å². The van der Waals surface area contributed by atoms with Crippen LogP contribution in [-0.4, -0.2) is 39.7 Å².